The summed E-state index contributed by atoms with van der Waals surface area (Å²) >= 11 is 0. The van der Waals surface area contributed by atoms with Gasteiger partial charge in [-0.05, 0) is 25.0 Å². The quantitative estimate of drug-likeness (QED) is 0.194. The minimum Gasteiger partial charge on any atom is -0.394 e. The summed E-state index contributed by atoms with van der Waals surface area (Å²) in [5.74, 6) is 0. The Labute approximate surface area is 191 Å². The molecule has 0 unspecified atom stereocenters. The first kappa shape index (κ1) is 27.4. The molecule has 0 saturated carbocycles. The molecule has 0 bridgehead atoms. The fourth-order valence-electron chi connectivity index (χ4n) is 3.76. The van der Waals surface area contributed by atoms with Gasteiger partial charge in [-0.3, -0.25) is 0 Å². The van der Waals surface area contributed by atoms with Gasteiger partial charge in [-0.2, -0.15) is 0 Å². The Morgan fingerprint density at radius 1 is 0.531 bits per heavy atom. The number of rotatable bonds is 17. The normalized spacial score (nSPS) is 30.1. The maximum atomic E-state index is 9.59. The van der Waals surface area contributed by atoms with Gasteiger partial charge in [0.15, 0.2) is 12.6 Å². The van der Waals surface area contributed by atoms with E-state index in [0.29, 0.717) is 13.2 Å². The Kier molecular flexibility index (Phi) is 14.3. The molecule has 2 heterocycles. The molecule has 0 spiro atoms. The molecule has 2 aliphatic heterocycles. The number of hydrogen-bond donors (Lipinski definition) is 4. The number of unbranched alkanes of at least 4 members (excludes halogenated alkanes) is 9. The van der Waals surface area contributed by atoms with E-state index >= 15 is 0 Å². The number of ether oxygens (including phenoxy) is 4. The first-order valence-electron chi connectivity index (χ1n) is 12.1. The molecule has 0 fully saturated rings. The van der Waals surface area contributed by atoms with Crippen LogP contribution >= 0.6 is 0 Å². The van der Waals surface area contributed by atoms with E-state index < -0.39 is 37.0 Å². The Bertz CT molecular complexity index is 480. The topological polar surface area (TPSA) is 118 Å². The minimum atomic E-state index is -0.766. The van der Waals surface area contributed by atoms with Gasteiger partial charge in [0, 0.05) is 0 Å². The smallest absolute Gasteiger partial charge is 0.177 e. The molecule has 0 aromatic heterocycles. The molecule has 6 atom stereocenters. The van der Waals surface area contributed by atoms with E-state index in [2.05, 4.69) is 0 Å². The average Bonchev–Trinajstić information content (AvgIpc) is 2.81. The number of aliphatic hydroxyl groups is 4. The Balaban J connectivity index is 1.32. The maximum absolute atomic E-state index is 9.59. The fraction of sp³-hybridized carbons (Fsp3) is 0.833. The third-order valence-electron chi connectivity index (χ3n) is 5.77. The summed E-state index contributed by atoms with van der Waals surface area (Å²) in [6.45, 7) is 0.802. The van der Waals surface area contributed by atoms with Crippen LogP contribution in [0.25, 0.3) is 0 Å². The predicted octanol–water partition coefficient (Wildman–Crippen LogP) is 2.19. The second-order valence-corrected chi connectivity index (χ2v) is 8.48. The minimum absolute atomic E-state index is 0.219. The van der Waals surface area contributed by atoms with Crippen LogP contribution in [0, 0.1) is 0 Å². The van der Waals surface area contributed by atoms with Crippen LogP contribution in [0.4, 0.5) is 0 Å². The largest absolute Gasteiger partial charge is 0.394 e. The standard InChI is InChI=1S/C24H42O8/c25-17-21-19(27)11-13-23(31-21)29-15-9-7-5-3-1-2-4-6-8-10-16-30-24-14-12-20(28)22(18-26)32-24/h11-14,19-28H,1-10,15-18H2/t19-,20-,21+,22+,23-,24-/m0/s1. The lowest BCUT2D eigenvalue weighted by atomic mass is 10.1. The first-order valence-corrected chi connectivity index (χ1v) is 12.1. The Morgan fingerprint density at radius 3 is 1.22 bits per heavy atom. The molecule has 186 valence electrons. The van der Waals surface area contributed by atoms with Gasteiger partial charge in [0.1, 0.15) is 24.4 Å². The molecule has 0 aromatic rings. The highest BCUT2D eigenvalue weighted by Gasteiger charge is 2.26. The molecule has 32 heavy (non-hydrogen) atoms. The zero-order valence-electron chi connectivity index (χ0n) is 19.1. The summed E-state index contributed by atoms with van der Waals surface area (Å²) in [4.78, 5) is 0. The zero-order chi connectivity index (χ0) is 23.0. The summed E-state index contributed by atoms with van der Waals surface area (Å²) in [6.07, 6.45) is 14.6. The van der Waals surface area contributed by atoms with Crippen molar-refractivity contribution < 1.29 is 39.4 Å². The van der Waals surface area contributed by atoms with E-state index in [1.165, 1.54) is 38.5 Å². The van der Waals surface area contributed by atoms with E-state index in [1.807, 2.05) is 0 Å². The molecule has 2 rings (SSSR count). The number of hydrogen-bond acceptors (Lipinski definition) is 8. The second-order valence-electron chi connectivity index (χ2n) is 8.48. The van der Waals surface area contributed by atoms with Crippen molar-refractivity contribution in [2.24, 2.45) is 0 Å². The molecule has 8 nitrogen and oxygen atoms in total. The zero-order valence-corrected chi connectivity index (χ0v) is 19.1. The van der Waals surface area contributed by atoms with E-state index in [-0.39, 0.29) is 13.2 Å². The van der Waals surface area contributed by atoms with Crippen LogP contribution in [0.2, 0.25) is 0 Å². The lowest BCUT2D eigenvalue weighted by molar-refractivity contribution is -0.180. The van der Waals surface area contributed by atoms with Crippen LogP contribution < -0.4 is 0 Å². The third kappa shape index (κ3) is 10.9. The summed E-state index contributed by atoms with van der Waals surface area (Å²) < 4.78 is 22.2. The highest BCUT2D eigenvalue weighted by Crippen LogP contribution is 2.16. The number of aliphatic hydroxyl groups excluding tert-OH is 4. The fourth-order valence-corrected chi connectivity index (χ4v) is 3.76. The van der Waals surface area contributed by atoms with Crippen molar-refractivity contribution in [3.05, 3.63) is 24.3 Å². The SMILES string of the molecule is OC[C@H]1O[C@H](OCCCCCCCCCCCCO[C@@H]2C=C[C@H](O)[C@@H](CO)O2)C=C[C@@H]1O. The van der Waals surface area contributed by atoms with Crippen molar-refractivity contribution in [3.63, 3.8) is 0 Å². The van der Waals surface area contributed by atoms with Crippen LogP contribution in [-0.2, 0) is 18.9 Å². The van der Waals surface area contributed by atoms with Crippen LogP contribution in [-0.4, -0.2) is 83.8 Å². The molecular formula is C24H42O8. The molecule has 2 aliphatic rings. The molecule has 0 amide bonds. The lowest BCUT2D eigenvalue weighted by Crippen LogP contribution is -2.38. The first-order chi connectivity index (χ1) is 15.6. The van der Waals surface area contributed by atoms with E-state index in [1.54, 1.807) is 24.3 Å². The van der Waals surface area contributed by atoms with E-state index in [4.69, 9.17) is 29.2 Å². The summed E-state index contributed by atoms with van der Waals surface area (Å²) in [6, 6.07) is 0. The van der Waals surface area contributed by atoms with Gasteiger partial charge < -0.3 is 39.4 Å². The second kappa shape index (κ2) is 16.7. The van der Waals surface area contributed by atoms with Gasteiger partial charge in [-0.1, -0.05) is 63.5 Å². The molecule has 0 aliphatic carbocycles. The van der Waals surface area contributed by atoms with Gasteiger partial charge in [0.25, 0.3) is 0 Å². The molecule has 0 saturated heterocycles. The molecule has 0 aromatic carbocycles. The summed E-state index contributed by atoms with van der Waals surface area (Å²) in [7, 11) is 0. The summed E-state index contributed by atoms with van der Waals surface area (Å²) in [5, 5.41) is 37.4. The van der Waals surface area contributed by atoms with E-state index in [9.17, 15) is 10.2 Å². The third-order valence-corrected chi connectivity index (χ3v) is 5.77. The van der Waals surface area contributed by atoms with Gasteiger partial charge in [-0.25, -0.2) is 0 Å². The van der Waals surface area contributed by atoms with Crippen molar-refractivity contribution in [1.29, 1.82) is 0 Å². The van der Waals surface area contributed by atoms with Crippen LogP contribution in [0.15, 0.2) is 24.3 Å². The predicted molar refractivity (Wildman–Crippen MR) is 120 cm³/mol. The van der Waals surface area contributed by atoms with Crippen molar-refractivity contribution in [1.82, 2.24) is 0 Å². The van der Waals surface area contributed by atoms with Gasteiger partial charge in [-0.15, -0.1) is 0 Å². The lowest BCUT2D eigenvalue weighted by Gasteiger charge is -2.28. The average molecular weight is 459 g/mol. The van der Waals surface area contributed by atoms with Gasteiger partial charge in [0.05, 0.1) is 26.4 Å². The summed E-state index contributed by atoms with van der Waals surface area (Å²) in [5.41, 5.74) is 0. The molecule has 8 heteroatoms. The van der Waals surface area contributed by atoms with Crippen LogP contribution in [0.5, 0.6) is 0 Å². The van der Waals surface area contributed by atoms with Crippen LogP contribution in [0.3, 0.4) is 0 Å². The molecule has 4 N–H and O–H groups in total. The molecular weight excluding hydrogens is 416 g/mol. The Hall–Kier alpha value is -0.840. The van der Waals surface area contributed by atoms with Crippen LogP contribution in [0.1, 0.15) is 64.2 Å². The molecule has 0 radical (unpaired) electrons. The maximum Gasteiger partial charge on any atom is 0.177 e. The Morgan fingerprint density at radius 2 is 0.875 bits per heavy atom. The van der Waals surface area contributed by atoms with Crippen molar-refractivity contribution in [2.45, 2.75) is 101 Å². The van der Waals surface area contributed by atoms with Crippen molar-refractivity contribution in [3.8, 4) is 0 Å². The van der Waals surface area contributed by atoms with Gasteiger partial charge in [0.2, 0.25) is 0 Å². The van der Waals surface area contributed by atoms with E-state index in [0.717, 1.165) is 25.7 Å². The van der Waals surface area contributed by atoms with Crippen molar-refractivity contribution >= 4 is 0 Å². The van der Waals surface area contributed by atoms with Gasteiger partial charge >= 0.3 is 0 Å². The highest BCUT2D eigenvalue weighted by molar-refractivity contribution is 5.00. The highest BCUT2D eigenvalue weighted by atomic mass is 16.7. The van der Waals surface area contributed by atoms with Crippen molar-refractivity contribution in [2.75, 3.05) is 26.4 Å². The monoisotopic (exact) mass is 458 g/mol.